The Kier molecular flexibility index (Phi) is 4.79. The third kappa shape index (κ3) is 3.56. The minimum atomic E-state index is 0.552. The highest BCUT2D eigenvalue weighted by Gasteiger charge is 2.22. The number of rotatable bonds is 4. The lowest BCUT2D eigenvalue weighted by Gasteiger charge is -2.33. The molecule has 0 amide bonds. The summed E-state index contributed by atoms with van der Waals surface area (Å²) in [6.45, 7) is 9.15. The van der Waals surface area contributed by atoms with Crippen LogP contribution < -0.4 is 10.6 Å². The molecular formula is C16H26N2. The topological polar surface area (TPSA) is 24.1 Å². The minimum absolute atomic E-state index is 0.552. The first-order valence-electron chi connectivity index (χ1n) is 7.18. The van der Waals surface area contributed by atoms with Crippen LogP contribution in [0.15, 0.2) is 24.3 Å². The number of nitrogens with one attached hydrogen (secondary N) is 2. The summed E-state index contributed by atoms with van der Waals surface area (Å²) in [6, 6.07) is 9.93. The van der Waals surface area contributed by atoms with Crippen LogP contribution >= 0.6 is 0 Å². The van der Waals surface area contributed by atoms with E-state index in [9.17, 15) is 0 Å². The third-order valence-electron chi connectivity index (χ3n) is 4.07. The Hall–Kier alpha value is -0.860. The summed E-state index contributed by atoms with van der Waals surface area (Å²) in [5.74, 6) is 0.734. The van der Waals surface area contributed by atoms with Gasteiger partial charge < -0.3 is 10.6 Å². The van der Waals surface area contributed by atoms with Gasteiger partial charge in [0.15, 0.2) is 0 Å². The van der Waals surface area contributed by atoms with Gasteiger partial charge in [0.25, 0.3) is 0 Å². The van der Waals surface area contributed by atoms with E-state index in [2.05, 4.69) is 55.7 Å². The van der Waals surface area contributed by atoms with Crippen LogP contribution in [0.4, 0.5) is 0 Å². The number of aryl methyl sites for hydroxylation is 1. The Morgan fingerprint density at radius 1 is 1.39 bits per heavy atom. The zero-order valence-electron chi connectivity index (χ0n) is 11.9. The molecule has 0 aromatic heterocycles. The average Bonchev–Trinajstić information content (AvgIpc) is 2.35. The van der Waals surface area contributed by atoms with Crippen molar-refractivity contribution in [1.29, 1.82) is 0 Å². The van der Waals surface area contributed by atoms with Crippen molar-refractivity contribution in [1.82, 2.24) is 10.6 Å². The Bertz CT molecular complexity index is 375. The first kappa shape index (κ1) is 13.6. The molecule has 100 valence electrons. The van der Waals surface area contributed by atoms with Gasteiger partial charge in [-0.2, -0.15) is 0 Å². The fourth-order valence-corrected chi connectivity index (χ4v) is 2.86. The van der Waals surface area contributed by atoms with Crippen molar-refractivity contribution < 1.29 is 0 Å². The van der Waals surface area contributed by atoms with Gasteiger partial charge in [-0.15, -0.1) is 0 Å². The lowest BCUT2D eigenvalue weighted by molar-refractivity contribution is 0.276. The fourth-order valence-electron chi connectivity index (χ4n) is 2.86. The maximum Gasteiger partial charge on any atom is 0.0119 e. The molecule has 1 saturated heterocycles. The fraction of sp³-hybridized carbons (Fsp3) is 0.625. The van der Waals surface area contributed by atoms with Gasteiger partial charge in [-0.25, -0.2) is 0 Å². The van der Waals surface area contributed by atoms with Crippen LogP contribution in [0.3, 0.4) is 0 Å². The van der Waals surface area contributed by atoms with Crippen LogP contribution in [0.25, 0.3) is 0 Å². The van der Waals surface area contributed by atoms with Gasteiger partial charge in [-0.1, -0.05) is 31.2 Å². The predicted octanol–water partition coefficient (Wildman–Crippen LogP) is 2.51. The van der Waals surface area contributed by atoms with Gasteiger partial charge in [-0.05, 0) is 56.8 Å². The second-order valence-corrected chi connectivity index (χ2v) is 5.77. The smallest absolute Gasteiger partial charge is 0.0119 e. The van der Waals surface area contributed by atoms with Gasteiger partial charge in [0, 0.05) is 12.1 Å². The molecule has 0 radical (unpaired) electrons. The number of hydrogen-bond donors (Lipinski definition) is 2. The molecular weight excluding hydrogens is 220 g/mol. The highest BCUT2D eigenvalue weighted by atomic mass is 15.0. The molecule has 1 aliphatic heterocycles. The molecule has 1 aromatic carbocycles. The summed E-state index contributed by atoms with van der Waals surface area (Å²) < 4.78 is 0. The van der Waals surface area contributed by atoms with Gasteiger partial charge in [0.2, 0.25) is 0 Å². The monoisotopic (exact) mass is 246 g/mol. The predicted molar refractivity (Wildman–Crippen MR) is 77.9 cm³/mol. The molecule has 2 rings (SSSR count). The van der Waals surface area contributed by atoms with E-state index < -0.39 is 0 Å². The van der Waals surface area contributed by atoms with Crippen LogP contribution in [0.1, 0.15) is 31.4 Å². The van der Waals surface area contributed by atoms with E-state index in [-0.39, 0.29) is 0 Å². The van der Waals surface area contributed by atoms with Crippen molar-refractivity contribution >= 4 is 0 Å². The van der Waals surface area contributed by atoms with E-state index in [1.807, 2.05) is 0 Å². The highest BCUT2D eigenvalue weighted by Crippen LogP contribution is 2.14. The van der Waals surface area contributed by atoms with Crippen LogP contribution in [0.5, 0.6) is 0 Å². The summed E-state index contributed by atoms with van der Waals surface area (Å²) in [7, 11) is 0. The minimum Gasteiger partial charge on any atom is -0.316 e. The lowest BCUT2D eigenvalue weighted by Crippen LogP contribution is -2.49. The summed E-state index contributed by atoms with van der Waals surface area (Å²) in [5.41, 5.74) is 2.88. The normalized spacial score (nSPS) is 25.9. The largest absolute Gasteiger partial charge is 0.316 e. The molecule has 2 nitrogen and oxygen atoms in total. The number of piperidine rings is 1. The number of hydrogen-bond acceptors (Lipinski definition) is 2. The molecule has 1 fully saturated rings. The van der Waals surface area contributed by atoms with Crippen molar-refractivity contribution in [2.75, 3.05) is 13.1 Å². The zero-order valence-corrected chi connectivity index (χ0v) is 11.9. The maximum atomic E-state index is 3.80. The summed E-state index contributed by atoms with van der Waals surface area (Å²) >= 11 is 0. The Balaban J connectivity index is 1.88. The first-order chi connectivity index (χ1) is 8.66. The van der Waals surface area contributed by atoms with Crippen molar-refractivity contribution in [3.63, 3.8) is 0 Å². The summed E-state index contributed by atoms with van der Waals surface area (Å²) in [5, 5.41) is 7.26. The zero-order chi connectivity index (χ0) is 13.0. The summed E-state index contributed by atoms with van der Waals surface area (Å²) in [6.07, 6.45) is 2.38. The van der Waals surface area contributed by atoms with Crippen LogP contribution in [-0.2, 0) is 6.42 Å². The van der Waals surface area contributed by atoms with Gasteiger partial charge in [0.1, 0.15) is 0 Å². The second-order valence-electron chi connectivity index (χ2n) is 5.77. The van der Waals surface area contributed by atoms with Crippen LogP contribution in [0.2, 0.25) is 0 Å². The Morgan fingerprint density at radius 2 is 2.17 bits per heavy atom. The van der Waals surface area contributed by atoms with Crippen molar-refractivity contribution in [2.45, 2.75) is 45.7 Å². The molecule has 18 heavy (non-hydrogen) atoms. The average molecular weight is 246 g/mol. The molecule has 1 heterocycles. The van der Waals surface area contributed by atoms with Gasteiger partial charge in [-0.3, -0.25) is 0 Å². The van der Waals surface area contributed by atoms with Crippen LogP contribution in [0, 0.1) is 12.8 Å². The Morgan fingerprint density at radius 3 is 2.89 bits per heavy atom. The van der Waals surface area contributed by atoms with E-state index in [1.165, 1.54) is 17.5 Å². The number of benzene rings is 1. The van der Waals surface area contributed by atoms with Crippen molar-refractivity contribution in [2.24, 2.45) is 5.92 Å². The lowest BCUT2D eigenvalue weighted by atomic mass is 9.93. The van der Waals surface area contributed by atoms with E-state index in [0.717, 1.165) is 25.4 Å². The standard InChI is InChI=1S/C16H26N2/c1-12-6-4-5-7-15(12)10-14(3)18-16-8-9-17-11-13(16)2/h4-7,13-14,16-18H,8-11H2,1-3H3. The molecule has 0 bridgehead atoms. The SMILES string of the molecule is Cc1ccccc1CC(C)NC1CCNCC1C. The van der Waals surface area contributed by atoms with Crippen LogP contribution in [-0.4, -0.2) is 25.2 Å². The molecule has 3 atom stereocenters. The summed E-state index contributed by atoms with van der Waals surface area (Å²) in [4.78, 5) is 0. The molecule has 0 spiro atoms. The third-order valence-corrected chi connectivity index (χ3v) is 4.07. The van der Waals surface area contributed by atoms with E-state index in [0.29, 0.717) is 12.1 Å². The van der Waals surface area contributed by atoms with Gasteiger partial charge in [0.05, 0.1) is 0 Å². The van der Waals surface area contributed by atoms with Crippen molar-refractivity contribution in [3.8, 4) is 0 Å². The molecule has 3 unspecified atom stereocenters. The van der Waals surface area contributed by atoms with E-state index >= 15 is 0 Å². The molecule has 2 heteroatoms. The highest BCUT2D eigenvalue weighted by molar-refractivity contribution is 5.26. The molecule has 1 aliphatic rings. The second kappa shape index (κ2) is 6.35. The van der Waals surface area contributed by atoms with E-state index in [4.69, 9.17) is 0 Å². The Labute approximate surface area is 111 Å². The molecule has 0 saturated carbocycles. The first-order valence-corrected chi connectivity index (χ1v) is 7.18. The van der Waals surface area contributed by atoms with Gasteiger partial charge >= 0.3 is 0 Å². The van der Waals surface area contributed by atoms with Crippen molar-refractivity contribution in [3.05, 3.63) is 35.4 Å². The maximum absolute atomic E-state index is 3.80. The molecule has 2 N–H and O–H groups in total. The molecule has 1 aromatic rings. The van der Waals surface area contributed by atoms with E-state index in [1.54, 1.807) is 0 Å². The molecule has 0 aliphatic carbocycles. The quantitative estimate of drug-likeness (QED) is 0.853.